The van der Waals surface area contributed by atoms with Crippen LogP contribution in [0.15, 0.2) is 46.0 Å². The van der Waals surface area contributed by atoms with Crippen LogP contribution in [0.5, 0.6) is 6.08 Å². The lowest BCUT2D eigenvalue weighted by Gasteiger charge is -2.23. The van der Waals surface area contributed by atoms with Gasteiger partial charge in [-0.1, -0.05) is 25.0 Å². The van der Waals surface area contributed by atoms with Crippen molar-refractivity contribution in [2.24, 2.45) is 11.8 Å². The van der Waals surface area contributed by atoms with Gasteiger partial charge < -0.3 is 19.2 Å². The Morgan fingerprint density at radius 3 is 2.73 bits per heavy atom. The van der Waals surface area contributed by atoms with Crippen molar-refractivity contribution < 1.29 is 22.3 Å². The minimum Gasteiger partial charge on any atom is -0.452 e. The lowest BCUT2D eigenvalue weighted by molar-refractivity contribution is 0.0639. The predicted octanol–water partition coefficient (Wildman–Crippen LogP) is 6.80. The molecule has 0 bridgehead atoms. The normalized spacial score (nSPS) is 20.3. The van der Waals surface area contributed by atoms with Crippen molar-refractivity contribution >= 4 is 37.1 Å². The SMILES string of the molecule is COc1nnc(-c2c(CCC3CCOCC3)nc3c(c2-c2cc4ccnc(NC5CCc6ncccc65)c4s2)S(=O)(=O)CC3C(C)C)o1. The van der Waals surface area contributed by atoms with Crippen LogP contribution >= 0.6 is 11.3 Å². The molecule has 2 aliphatic heterocycles. The number of aryl methyl sites for hydroxylation is 2. The van der Waals surface area contributed by atoms with E-state index in [9.17, 15) is 8.42 Å². The molecule has 0 spiro atoms. The molecule has 2 unspecified atom stereocenters. The van der Waals surface area contributed by atoms with E-state index in [-0.39, 0.29) is 40.5 Å². The maximum atomic E-state index is 14.2. The molecular formula is C35H38N6O5S2. The van der Waals surface area contributed by atoms with Crippen LogP contribution in [0.2, 0.25) is 0 Å². The van der Waals surface area contributed by atoms with Gasteiger partial charge in [-0.25, -0.2) is 13.4 Å². The number of sulfone groups is 1. The molecule has 250 valence electrons. The number of anilines is 1. The summed E-state index contributed by atoms with van der Waals surface area (Å²) in [6, 6.07) is 8.21. The zero-order valence-corrected chi connectivity index (χ0v) is 28.9. The van der Waals surface area contributed by atoms with Crippen LogP contribution < -0.4 is 10.1 Å². The highest BCUT2D eigenvalue weighted by molar-refractivity contribution is 7.92. The van der Waals surface area contributed by atoms with Gasteiger partial charge in [0.05, 0.1) is 45.5 Å². The highest BCUT2D eigenvalue weighted by atomic mass is 32.2. The van der Waals surface area contributed by atoms with Crippen LogP contribution in [0.4, 0.5) is 5.82 Å². The molecule has 1 aliphatic carbocycles. The Bertz CT molecular complexity index is 2100. The molecule has 0 saturated carbocycles. The number of aromatic nitrogens is 5. The summed E-state index contributed by atoms with van der Waals surface area (Å²) in [5.74, 6) is 1.34. The van der Waals surface area contributed by atoms with Gasteiger partial charge in [0.25, 0.3) is 5.89 Å². The highest BCUT2D eigenvalue weighted by Crippen LogP contribution is 2.51. The number of nitrogens with zero attached hydrogens (tertiary/aromatic N) is 5. The van der Waals surface area contributed by atoms with Crippen molar-refractivity contribution in [1.82, 2.24) is 25.1 Å². The zero-order chi connectivity index (χ0) is 33.0. The molecule has 5 aromatic rings. The molecule has 3 aliphatic rings. The first kappa shape index (κ1) is 31.3. The molecule has 2 atom stereocenters. The van der Waals surface area contributed by atoms with E-state index in [4.69, 9.17) is 23.9 Å². The van der Waals surface area contributed by atoms with E-state index >= 15 is 0 Å². The van der Waals surface area contributed by atoms with E-state index in [0.717, 1.165) is 77.5 Å². The van der Waals surface area contributed by atoms with Crippen molar-refractivity contribution in [3.8, 4) is 28.0 Å². The van der Waals surface area contributed by atoms with Crippen LogP contribution in [0.1, 0.15) is 74.1 Å². The fraction of sp³-hybridized carbons (Fsp3) is 0.457. The number of hydrogen-bond acceptors (Lipinski definition) is 12. The summed E-state index contributed by atoms with van der Waals surface area (Å²) < 4.78 is 46.2. The molecule has 0 radical (unpaired) electrons. The van der Waals surface area contributed by atoms with Crippen molar-refractivity contribution in [3.05, 3.63) is 59.3 Å². The lowest BCUT2D eigenvalue weighted by atomic mass is 9.89. The van der Waals surface area contributed by atoms with E-state index in [1.165, 1.54) is 24.0 Å². The molecule has 0 aromatic carbocycles. The van der Waals surface area contributed by atoms with E-state index in [0.29, 0.717) is 29.2 Å². The molecule has 5 aromatic heterocycles. The molecule has 1 saturated heterocycles. The zero-order valence-electron chi connectivity index (χ0n) is 27.2. The Balaban J connectivity index is 1.32. The third kappa shape index (κ3) is 5.55. The second-order valence-electron chi connectivity index (χ2n) is 13.3. The van der Waals surface area contributed by atoms with Crippen LogP contribution in [-0.2, 0) is 27.4 Å². The van der Waals surface area contributed by atoms with Gasteiger partial charge in [0.1, 0.15) is 5.82 Å². The predicted molar refractivity (Wildman–Crippen MR) is 183 cm³/mol. The first-order valence-electron chi connectivity index (χ1n) is 16.6. The molecule has 7 heterocycles. The second-order valence-corrected chi connectivity index (χ2v) is 16.3. The van der Waals surface area contributed by atoms with Crippen LogP contribution in [-0.4, -0.2) is 59.6 Å². The van der Waals surface area contributed by atoms with Crippen molar-refractivity contribution in [3.63, 3.8) is 0 Å². The molecule has 1 N–H and O–H groups in total. The van der Waals surface area contributed by atoms with Gasteiger partial charge in [0.15, 0.2) is 9.84 Å². The molecule has 8 rings (SSSR count). The minimum absolute atomic E-state index is 0.00750. The summed E-state index contributed by atoms with van der Waals surface area (Å²) in [6.07, 6.45) is 9.00. The maximum Gasteiger partial charge on any atom is 0.414 e. The number of pyridine rings is 3. The number of rotatable bonds is 9. The molecule has 48 heavy (non-hydrogen) atoms. The average molecular weight is 687 g/mol. The Kier molecular flexibility index (Phi) is 8.16. The average Bonchev–Trinajstić information content (AvgIpc) is 3.89. The van der Waals surface area contributed by atoms with Crippen LogP contribution in [0.3, 0.4) is 0 Å². The Labute approximate surface area is 283 Å². The van der Waals surface area contributed by atoms with Gasteiger partial charge >= 0.3 is 6.08 Å². The van der Waals surface area contributed by atoms with E-state index < -0.39 is 9.84 Å². The first-order chi connectivity index (χ1) is 23.3. The summed E-state index contributed by atoms with van der Waals surface area (Å²) in [4.78, 5) is 15.6. The van der Waals surface area contributed by atoms with Gasteiger partial charge in [-0.3, -0.25) is 9.97 Å². The fourth-order valence-electron chi connectivity index (χ4n) is 7.45. The topological polar surface area (TPSA) is 142 Å². The summed E-state index contributed by atoms with van der Waals surface area (Å²) in [6.45, 7) is 5.64. The standard InChI is InChI=1S/C35H38N6O5S2/c1-19(2)23-18-48(42,43)32-29(27-17-21-10-14-37-33(31(21)47-27)39-25-9-8-24-22(25)5-4-13-36-24)28(34-40-41-35(44-3)46-34)26(38-30(23)32)7-6-20-11-15-45-16-12-20/h4-5,10,13-14,17,19-20,23,25H,6-9,11-12,15-16,18H2,1-3H3,(H,37,39). The van der Waals surface area contributed by atoms with Gasteiger partial charge in [-0.15, -0.1) is 16.4 Å². The molecular weight excluding hydrogens is 649 g/mol. The van der Waals surface area contributed by atoms with Gasteiger partial charge in [-0.2, -0.15) is 0 Å². The molecule has 1 fully saturated rings. The summed E-state index contributed by atoms with van der Waals surface area (Å²) in [7, 11) is -2.22. The second kappa shape index (κ2) is 12.5. The summed E-state index contributed by atoms with van der Waals surface area (Å²) >= 11 is 1.52. The quantitative estimate of drug-likeness (QED) is 0.175. The van der Waals surface area contributed by atoms with Crippen LogP contribution in [0, 0.1) is 11.8 Å². The van der Waals surface area contributed by atoms with E-state index in [1.54, 1.807) is 6.20 Å². The number of ether oxygens (including phenoxy) is 2. The van der Waals surface area contributed by atoms with Crippen molar-refractivity contribution in [2.75, 3.05) is 31.4 Å². The molecule has 0 amide bonds. The highest BCUT2D eigenvalue weighted by Gasteiger charge is 2.43. The Hall–Kier alpha value is -3.94. The first-order valence-corrected chi connectivity index (χ1v) is 19.1. The minimum atomic E-state index is -3.69. The molecule has 11 nitrogen and oxygen atoms in total. The summed E-state index contributed by atoms with van der Waals surface area (Å²) in [5.41, 5.74) is 4.86. The number of hydrogen-bond donors (Lipinski definition) is 1. The Morgan fingerprint density at radius 1 is 1.08 bits per heavy atom. The van der Waals surface area contributed by atoms with E-state index in [1.807, 2.05) is 18.3 Å². The van der Waals surface area contributed by atoms with E-state index in [2.05, 4.69) is 46.5 Å². The molecule has 13 heteroatoms. The van der Waals surface area contributed by atoms with Gasteiger partial charge in [0, 0.05) is 47.7 Å². The number of thiophene rings is 1. The van der Waals surface area contributed by atoms with Gasteiger partial charge in [0.2, 0.25) is 0 Å². The largest absolute Gasteiger partial charge is 0.452 e. The Morgan fingerprint density at radius 2 is 1.94 bits per heavy atom. The summed E-state index contributed by atoms with van der Waals surface area (Å²) in [5, 5.41) is 13.1. The number of methoxy groups -OCH3 is 1. The monoisotopic (exact) mass is 686 g/mol. The smallest absolute Gasteiger partial charge is 0.414 e. The maximum absolute atomic E-state index is 14.2. The van der Waals surface area contributed by atoms with Gasteiger partial charge in [-0.05, 0) is 79.5 Å². The number of fused-ring (bicyclic) bond motifs is 3. The lowest BCUT2D eigenvalue weighted by Crippen LogP contribution is -2.17. The van der Waals surface area contributed by atoms with Crippen molar-refractivity contribution in [2.45, 2.75) is 69.2 Å². The van der Waals surface area contributed by atoms with Crippen LogP contribution in [0.25, 0.3) is 32.0 Å². The fourth-order valence-corrected chi connectivity index (χ4v) is 10.9. The third-order valence-electron chi connectivity index (χ3n) is 10.0. The third-order valence-corrected chi connectivity index (χ3v) is 13.0. The van der Waals surface area contributed by atoms with Crippen molar-refractivity contribution in [1.29, 1.82) is 0 Å². The number of nitrogens with one attached hydrogen (secondary N) is 1.